The molecule has 1 aromatic carbocycles. The molecule has 2 N–H and O–H groups in total. The number of hydrogen-bond donors (Lipinski definition) is 2. The average molecular weight is 263 g/mol. The van der Waals surface area contributed by atoms with E-state index in [0.717, 1.165) is 6.42 Å². The highest BCUT2D eigenvalue weighted by atomic mass is 32.1. The summed E-state index contributed by atoms with van der Waals surface area (Å²) in [4.78, 5) is 10.5. The second kappa shape index (κ2) is 5.98. The van der Waals surface area contributed by atoms with E-state index < -0.39 is 5.97 Å². The molecule has 3 nitrogen and oxygen atoms in total. The molecule has 18 heavy (non-hydrogen) atoms. The minimum atomic E-state index is -0.722. The lowest BCUT2D eigenvalue weighted by atomic mass is 10.0. The molecule has 96 valence electrons. The maximum absolute atomic E-state index is 10.5. The van der Waals surface area contributed by atoms with Crippen LogP contribution in [-0.2, 0) is 4.79 Å². The fraction of sp³-hybridized carbons (Fsp3) is 0.357. The molecule has 0 saturated heterocycles. The number of benzene rings is 1. The second-order valence-corrected chi connectivity index (χ2v) is 5.23. The SMILES string of the molecule is CNC(CCCC(=O)O)c1csc2ccccc12. The van der Waals surface area contributed by atoms with Crippen molar-refractivity contribution in [2.24, 2.45) is 0 Å². The van der Waals surface area contributed by atoms with Crippen molar-refractivity contribution in [2.45, 2.75) is 25.3 Å². The summed E-state index contributed by atoms with van der Waals surface area (Å²) in [6.45, 7) is 0. The third-order valence-corrected chi connectivity index (χ3v) is 4.10. The zero-order valence-corrected chi connectivity index (χ0v) is 11.2. The Morgan fingerprint density at radius 3 is 2.94 bits per heavy atom. The molecule has 0 aliphatic rings. The molecule has 1 unspecified atom stereocenters. The molecule has 0 aliphatic carbocycles. The highest BCUT2D eigenvalue weighted by Crippen LogP contribution is 2.32. The van der Waals surface area contributed by atoms with Crippen molar-refractivity contribution in [1.29, 1.82) is 0 Å². The molecule has 1 heterocycles. The van der Waals surface area contributed by atoms with E-state index in [2.05, 4.69) is 22.8 Å². The molecule has 0 bridgehead atoms. The summed E-state index contributed by atoms with van der Waals surface area (Å²) in [7, 11) is 1.93. The summed E-state index contributed by atoms with van der Waals surface area (Å²) in [5.41, 5.74) is 1.28. The number of carboxylic acids is 1. The average Bonchev–Trinajstić information content (AvgIpc) is 2.78. The van der Waals surface area contributed by atoms with Crippen molar-refractivity contribution in [3.05, 3.63) is 35.2 Å². The minimum Gasteiger partial charge on any atom is -0.481 e. The molecule has 1 atom stereocenters. The Morgan fingerprint density at radius 2 is 2.22 bits per heavy atom. The molecule has 0 amide bonds. The maximum atomic E-state index is 10.5. The predicted octanol–water partition coefficient (Wildman–Crippen LogP) is 3.42. The van der Waals surface area contributed by atoms with Crippen molar-refractivity contribution < 1.29 is 9.90 Å². The lowest BCUT2D eigenvalue weighted by Gasteiger charge is -2.15. The summed E-state index contributed by atoms with van der Waals surface area (Å²) < 4.78 is 1.28. The third-order valence-electron chi connectivity index (χ3n) is 3.12. The van der Waals surface area contributed by atoms with Gasteiger partial charge in [-0.3, -0.25) is 4.79 Å². The molecule has 0 spiro atoms. The van der Waals surface area contributed by atoms with Crippen LogP contribution in [0.1, 0.15) is 30.9 Å². The van der Waals surface area contributed by atoms with Gasteiger partial charge in [0.05, 0.1) is 0 Å². The van der Waals surface area contributed by atoms with Gasteiger partial charge in [0.15, 0.2) is 0 Å². The van der Waals surface area contributed by atoms with Crippen molar-refractivity contribution in [3.63, 3.8) is 0 Å². The lowest BCUT2D eigenvalue weighted by molar-refractivity contribution is -0.137. The predicted molar refractivity (Wildman–Crippen MR) is 75.1 cm³/mol. The molecule has 2 aromatic rings. The first kappa shape index (κ1) is 13.1. The monoisotopic (exact) mass is 263 g/mol. The Kier molecular flexibility index (Phi) is 4.33. The van der Waals surface area contributed by atoms with E-state index in [0.29, 0.717) is 6.42 Å². The first-order valence-corrected chi connectivity index (χ1v) is 6.95. The highest BCUT2D eigenvalue weighted by molar-refractivity contribution is 7.17. The van der Waals surface area contributed by atoms with E-state index in [4.69, 9.17) is 5.11 Å². The Balaban J connectivity index is 2.14. The fourth-order valence-corrected chi connectivity index (χ4v) is 3.20. The fourth-order valence-electron chi connectivity index (χ4n) is 2.18. The zero-order valence-electron chi connectivity index (χ0n) is 10.3. The number of nitrogens with one attached hydrogen (secondary N) is 1. The topological polar surface area (TPSA) is 49.3 Å². The van der Waals surface area contributed by atoms with Gasteiger partial charge in [-0.1, -0.05) is 18.2 Å². The van der Waals surface area contributed by atoms with Crippen LogP contribution in [-0.4, -0.2) is 18.1 Å². The van der Waals surface area contributed by atoms with Crippen LogP contribution in [0.15, 0.2) is 29.6 Å². The van der Waals surface area contributed by atoms with Crippen molar-refractivity contribution in [1.82, 2.24) is 5.32 Å². The molecule has 0 radical (unpaired) electrons. The number of hydrogen-bond acceptors (Lipinski definition) is 3. The van der Waals surface area contributed by atoms with E-state index in [-0.39, 0.29) is 12.5 Å². The summed E-state index contributed by atoms with van der Waals surface area (Å²) in [5, 5.41) is 15.4. The van der Waals surface area contributed by atoms with Gasteiger partial charge < -0.3 is 10.4 Å². The smallest absolute Gasteiger partial charge is 0.303 e. The number of fused-ring (bicyclic) bond motifs is 1. The normalized spacial score (nSPS) is 12.7. The van der Waals surface area contributed by atoms with Crippen LogP contribution >= 0.6 is 11.3 Å². The van der Waals surface area contributed by atoms with Gasteiger partial charge in [-0.25, -0.2) is 0 Å². The summed E-state index contributed by atoms with van der Waals surface area (Å²) in [6, 6.07) is 8.57. The van der Waals surface area contributed by atoms with Gasteiger partial charge in [-0.15, -0.1) is 11.3 Å². The second-order valence-electron chi connectivity index (χ2n) is 4.31. The lowest BCUT2D eigenvalue weighted by Crippen LogP contribution is -2.16. The van der Waals surface area contributed by atoms with Gasteiger partial charge >= 0.3 is 5.97 Å². The molecule has 1 aromatic heterocycles. The van der Waals surface area contributed by atoms with E-state index >= 15 is 0 Å². The van der Waals surface area contributed by atoms with Crippen LogP contribution in [0, 0.1) is 0 Å². The van der Waals surface area contributed by atoms with Crippen LogP contribution < -0.4 is 5.32 Å². The Hall–Kier alpha value is -1.39. The Morgan fingerprint density at radius 1 is 1.44 bits per heavy atom. The number of thiophene rings is 1. The highest BCUT2D eigenvalue weighted by Gasteiger charge is 2.14. The first-order chi connectivity index (χ1) is 8.72. The third kappa shape index (κ3) is 2.89. The molecule has 0 fully saturated rings. The van der Waals surface area contributed by atoms with Crippen LogP contribution in [0.5, 0.6) is 0 Å². The van der Waals surface area contributed by atoms with Gasteiger partial charge in [0, 0.05) is 17.2 Å². The van der Waals surface area contributed by atoms with E-state index in [9.17, 15) is 4.79 Å². The number of rotatable bonds is 6. The molecular formula is C14H17NO2S. The zero-order chi connectivity index (χ0) is 13.0. The molecule has 0 aliphatic heterocycles. The van der Waals surface area contributed by atoms with Gasteiger partial charge in [-0.2, -0.15) is 0 Å². The standard InChI is InChI=1S/C14H17NO2S/c1-15-12(6-4-8-14(16)17)11-9-18-13-7-3-2-5-10(11)13/h2-3,5,7,9,12,15H,4,6,8H2,1H3,(H,16,17). The molecule has 4 heteroatoms. The van der Waals surface area contributed by atoms with E-state index in [1.54, 1.807) is 11.3 Å². The van der Waals surface area contributed by atoms with Crippen LogP contribution in [0.2, 0.25) is 0 Å². The minimum absolute atomic E-state index is 0.236. The number of carbonyl (C=O) groups is 1. The van der Waals surface area contributed by atoms with Crippen molar-refractivity contribution in [3.8, 4) is 0 Å². The van der Waals surface area contributed by atoms with Gasteiger partial charge in [-0.05, 0) is 42.3 Å². The number of aliphatic carboxylic acids is 1. The Bertz CT molecular complexity index is 535. The molecule has 2 rings (SSSR count). The molecule has 0 saturated carbocycles. The van der Waals surface area contributed by atoms with Gasteiger partial charge in [0.2, 0.25) is 0 Å². The quantitative estimate of drug-likeness (QED) is 0.839. The summed E-state index contributed by atoms with van der Waals surface area (Å²) in [5.74, 6) is -0.722. The van der Waals surface area contributed by atoms with Gasteiger partial charge in [0.25, 0.3) is 0 Å². The first-order valence-electron chi connectivity index (χ1n) is 6.07. The van der Waals surface area contributed by atoms with Crippen LogP contribution in [0.4, 0.5) is 0 Å². The van der Waals surface area contributed by atoms with E-state index in [1.807, 2.05) is 19.2 Å². The van der Waals surface area contributed by atoms with Crippen LogP contribution in [0.25, 0.3) is 10.1 Å². The van der Waals surface area contributed by atoms with E-state index in [1.165, 1.54) is 15.6 Å². The van der Waals surface area contributed by atoms with Gasteiger partial charge in [0.1, 0.15) is 0 Å². The maximum Gasteiger partial charge on any atom is 0.303 e. The Labute approximate surface area is 110 Å². The summed E-state index contributed by atoms with van der Waals surface area (Å²) in [6.07, 6.45) is 1.79. The number of carboxylic acid groups (broad SMARTS) is 1. The largest absolute Gasteiger partial charge is 0.481 e. The van der Waals surface area contributed by atoms with Crippen molar-refractivity contribution in [2.75, 3.05) is 7.05 Å². The summed E-state index contributed by atoms with van der Waals surface area (Å²) >= 11 is 1.74. The molecular weight excluding hydrogens is 246 g/mol. The van der Waals surface area contributed by atoms with Crippen molar-refractivity contribution >= 4 is 27.4 Å². The van der Waals surface area contributed by atoms with Crippen LogP contribution in [0.3, 0.4) is 0 Å².